The molecule has 0 bridgehead atoms. The van der Waals surface area contributed by atoms with Gasteiger partial charge in [0.15, 0.2) is 11.5 Å². The molecule has 5 nitrogen and oxygen atoms in total. The Morgan fingerprint density at radius 1 is 1.12 bits per heavy atom. The molecule has 6 heteroatoms. The highest BCUT2D eigenvalue weighted by Crippen LogP contribution is 2.36. The van der Waals surface area contributed by atoms with E-state index in [1.807, 2.05) is 37.3 Å². The summed E-state index contributed by atoms with van der Waals surface area (Å²) in [4.78, 5) is 26.6. The van der Waals surface area contributed by atoms with E-state index >= 15 is 0 Å². The molecule has 0 radical (unpaired) electrons. The van der Waals surface area contributed by atoms with Gasteiger partial charge in [0.05, 0.1) is 11.4 Å². The van der Waals surface area contributed by atoms with Gasteiger partial charge in [0, 0.05) is 0 Å². The van der Waals surface area contributed by atoms with Crippen LogP contribution in [0.4, 0.5) is 4.79 Å². The maximum absolute atomic E-state index is 12.6. The van der Waals surface area contributed by atoms with Gasteiger partial charge in [-0.15, -0.1) is 0 Å². The second-order valence-corrected chi connectivity index (χ2v) is 6.80. The molecule has 0 aromatic heterocycles. The molecule has 2 aliphatic rings. The highest BCUT2D eigenvalue weighted by atomic mass is 32.2. The number of carbonyl (C=O) groups is 2. The zero-order valence-electron chi connectivity index (χ0n) is 13.5. The van der Waals surface area contributed by atoms with Crippen LogP contribution in [0.5, 0.6) is 11.5 Å². The summed E-state index contributed by atoms with van der Waals surface area (Å²) in [5.74, 6) is 1.06. The Kier molecular flexibility index (Phi) is 3.97. The van der Waals surface area contributed by atoms with Crippen LogP contribution in [0.2, 0.25) is 0 Å². The Labute approximate surface area is 149 Å². The van der Waals surface area contributed by atoms with Crippen LogP contribution >= 0.6 is 11.8 Å². The largest absolute Gasteiger partial charge is 0.454 e. The van der Waals surface area contributed by atoms with E-state index < -0.39 is 0 Å². The molecule has 0 N–H and O–H groups in total. The van der Waals surface area contributed by atoms with Crippen molar-refractivity contribution in [2.45, 2.75) is 13.5 Å². The molecule has 2 aromatic carbocycles. The molecule has 126 valence electrons. The van der Waals surface area contributed by atoms with Crippen LogP contribution < -0.4 is 9.47 Å². The Morgan fingerprint density at radius 2 is 1.92 bits per heavy atom. The van der Waals surface area contributed by atoms with Gasteiger partial charge in [-0.1, -0.05) is 30.3 Å². The smallest absolute Gasteiger partial charge is 0.293 e. The number of hydrogen-bond acceptors (Lipinski definition) is 5. The predicted octanol–water partition coefficient (Wildman–Crippen LogP) is 3.96. The number of carbonyl (C=O) groups excluding carboxylic acids is 2. The third-order valence-electron chi connectivity index (χ3n) is 4.16. The molecule has 0 saturated carbocycles. The second kappa shape index (κ2) is 6.29. The maximum Gasteiger partial charge on any atom is 0.293 e. The molecule has 2 heterocycles. The van der Waals surface area contributed by atoms with Crippen LogP contribution in [0.3, 0.4) is 0 Å². The van der Waals surface area contributed by atoms with Crippen LogP contribution in [-0.2, 0) is 11.3 Å². The molecule has 25 heavy (non-hydrogen) atoms. The highest BCUT2D eigenvalue weighted by molar-refractivity contribution is 8.18. The van der Waals surface area contributed by atoms with E-state index in [9.17, 15) is 9.59 Å². The van der Waals surface area contributed by atoms with E-state index in [0.717, 1.165) is 28.5 Å². The number of imide groups is 1. The van der Waals surface area contributed by atoms with Crippen molar-refractivity contribution in [2.24, 2.45) is 0 Å². The number of fused-ring (bicyclic) bond motifs is 1. The Hall–Kier alpha value is -2.73. The SMILES string of the molecule is Cc1ccccc1CN1C(=O)S/C(=C\c2ccc3c(c2)OCO3)C1=O. The standard InChI is InChI=1S/C19H15NO4S/c1-12-4-2-3-5-14(12)10-20-18(21)17(25-19(20)22)9-13-6-7-15-16(8-13)24-11-23-15/h2-9H,10-11H2,1H3/b17-9-. The first-order chi connectivity index (χ1) is 12.1. The first kappa shape index (κ1) is 15.8. The van der Waals surface area contributed by atoms with Gasteiger partial charge in [-0.3, -0.25) is 14.5 Å². The van der Waals surface area contributed by atoms with Crippen LogP contribution in [0.1, 0.15) is 16.7 Å². The zero-order chi connectivity index (χ0) is 17.4. The molecule has 1 saturated heterocycles. The van der Waals surface area contributed by atoms with Crippen LogP contribution in [0, 0.1) is 6.92 Å². The fraction of sp³-hybridized carbons (Fsp3) is 0.158. The summed E-state index contributed by atoms with van der Waals surface area (Å²) in [6, 6.07) is 13.2. The van der Waals surface area contributed by atoms with Gasteiger partial charge in [-0.25, -0.2) is 0 Å². The van der Waals surface area contributed by atoms with Gasteiger partial charge in [0.2, 0.25) is 6.79 Å². The van der Waals surface area contributed by atoms with Crippen molar-refractivity contribution in [3.8, 4) is 11.5 Å². The summed E-state index contributed by atoms with van der Waals surface area (Å²) in [6.07, 6.45) is 1.71. The lowest BCUT2D eigenvalue weighted by Gasteiger charge is -2.14. The molecule has 1 fully saturated rings. The Bertz CT molecular complexity index is 906. The maximum atomic E-state index is 12.6. The minimum Gasteiger partial charge on any atom is -0.454 e. The lowest BCUT2D eigenvalue weighted by molar-refractivity contribution is -0.123. The molecule has 0 spiro atoms. The predicted molar refractivity (Wildman–Crippen MR) is 95.3 cm³/mol. The normalized spacial score (nSPS) is 17.6. The number of ether oxygens (including phenoxy) is 2. The van der Waals surface area contributed by atoms with E-state index in [-0.39, 0.29) is 24.5 Å². The fourth-order valence-corrected chi connectivity index (χ4v) is 3.59. The average molecular weight is 353 g/mol. The van der Waals surface area contributed by atoms with Crippen molar-refractivity contribution in [3.05, 3.63) is 64.1 Å². The van der Waals surface area contributed by atoms with E-state index in [1.54, 1.807) is 18.2 Å². The summed E-state index contributed by atoms with van der Waals surface area (Å²) >= 11 is 0.961. The summed E-state index contributed by atoms with van der Waals surface area (Å²) in [6.45, 7) is 2.46. The van der Waals surface area contributed by atoms with Crippen molar-refractivity contribution in [1.29, 1.82) is 0 Å². The third kappa shape index (κ3) is 3.00. The molecule has 4 rings (SSSR count). The zero-order valence-corrected chi connectivity index (χ0v) is 14.3. The fourth-order valence-electron chi connectivity index (χ4n) is 2.75. The highest BCUT2D eigenvalue weighted by Gasteiger charge is 2.35. The van der Waals surface area contributed by atoms with Crippen molar-refractivity contribution in [2.75, 3.05) is 6.79 Å². The molecular weight excluding hydrogens is 338 g/mol. The van der Waals surface area contributed by atoms with Gasteiger partial charge in [0.25, 0.3) is 11.1 Å². The molecule has 0 atom stereocenters. The topological polar surface area (TPSA) is 55.8 Å². The molecule has 2 amide bonds. The van der Waals surface area contributed by atoms with Crippen molar-refractivity contribution < 1.29 is 19.1 Å². The summed E-state index contributed by atoms with van der Waals surface area (Å²) in [5.41, 5.74) is 2.82. The Morgan fingerprint density at radius 3 is 2.76 bits per heavy atom. The van der Waals surface area contributed by atoms with Crippen LogP contribution in [0.25, 0.3) is 6.08 Å². The molecule has 0 unspecified atom stereocenters. The summed E-state index contributed by atoms with van der Waals surface area (Å²) < 4.78 is 10.6. The second-order valence-electron chi connectivity index (χ2n) is 5.81. The van der Waals surface area contributed by atoms with Crippen LogP contribution in [-0.4, -0.2) is 22.8 Å². The number of aryl methyl sites for hydroxylation is 1. The van der Waals surface area contributed by atoms with E-state index in [1.165, 1.54) is 4.90 Å². The van der Waals surface area contributed by atoms with Gasteiger partial charge < -0.3 is 9.47 Å². The van der Waals surface area contributed by atoms with Gasteiger partial charge in [0.1, 0.15) is 0 Å². The van der Waals surface area contributed by atoms with E-state index in [4.69, 9.17) is 9.47 Å². The van der Waals surface area contributed by atoms with E-state index in [2.05, 4.69) is 0 Å². The molecule has 2 aliphatic heterocycles. The first-order valence-corrected chi connectivity index (χ1v) is 8.63. The number of hydrogen-bond donors (Lipinski definition) is 0. The van der Waals surface area contributed by atoms with Crippen molar-refractivity contribution in [1.82, 2.24) is 4.90 Å². The minimum atomic E-state index is -0.268. The lowest BCUT2D eigenvalue weighted by atomic mass is 10.1. The first-order valence-electron chi connectivity index (χ1n) is 7.81. The van der Waals surface area contributed by atoms with Gasteiger partial charge in [-0.05, 0) is 53.6 Å². The van der Waals surface area contributed by atoms with Gasteiger partial charge in [-0.2, -0.15) is 0 Å². The minimum absolute atomic E-state index is 0.200. The number of benzene rings is 2. The van der Waals surface area contributed by atoms with E-state index in [0.29, 0.717) is 16.4 Å². The Balaban J connectivity index is 1.57. The number of rotatable bonds is 3. The lowest BCUT2D eigenvalue weighted by Crippen LogP contribution is -2.27. The number of nitrogens with zero attached hydrogens (tertiary/aromatic N) is 1. The monoisotopic (exact) mass is 353 g/mol. The third-order valence-corrected chi connectivity index (χ3v) is 5.07. The molecular formula is C19H15NO4S. The summed E-state index contributed by atoms with van der Waals surface area (Å²) in [7, 11) is 0. The number of thioether (sulfide) groups is 1. The molecule has 2 aromatic rings. The quantitative estimate of drug-likeness (QED) is 0.782. The van der Waals surface area contributed by atoms with Crippen molar-refractivity contribution in [3.63, 3.8) is 0 Å². The number of amides is 2. The van der Waals surface area contributed by atoms with Crippen molar-refractivity contribution >= 4 is 29.0 Å². The molecule has 0 aliphatic carbocycles. The van der Waals surface area contributed by atoms with Gasteiger partial charge >= 0.3 is 0 Å². The summed E-state index contributed by atoms with van der Waals surface area (Å²) in [5, 5.41) is -0.250. The average Bonchev–Trinajstić information content (AvgIpc) is 3.16. The van der Waals surface area contributed by atoms with Crippen LogP contribution in [0.15, 0.2) is 47.4 Å².